The zero-order valence-corrected chi connectivity index (χ0v) is 10.1. The fraction of sp³-hybridized carbons (Fsp3) is 0.167. The van der Waals surface area contributed by atoms with Gasteiger partial charge in [-0.15, -0.1) is 13.2 Å². The Morgan fingerprint density at radius 2 is 2.00 bits per heavy atom. The molecule has 13 heteroatoms. The highest BCUT2D eigenvalue weighted by Gasteiger charge is 2.37. The van der Waals surface area contributed by atoms with E-state index in [2.05, 4.69) is 9.72 Å². The molecule has 0 aliphatic rings. The van der Waals surface area contributed by atoms with E-state index < -0.39 is 42.6 Å². The Hall–Kier alpha value is -1.82. The van der Waals surface area contributed by atoms with Gasteiger partial charge in [-0.3, -0.25) is 10.1 Å². The van der Waals surface area contributed by atoms with Gasteiger partial charge in [0.05, 0.1) is 4.92 Å². The summed E-state index contributed by atoms with van der Waals surface area (Å²) in [6.45, 7) is 0. The Morgan fingerprint density at radius 1 is 1.47 bits per heavy atom. The summed E-state index contributed by atoms with van der Waals surface area (Å²) in [7, 11) is 0.318. The van der Waals surface area contributed by atoms with Gasteiger partial charge in [0.2, 0.25) is 0 Å². The average molecular weight is 322 g/mol. The Kier molecular flexibility index (Phi) is 3.77. The van der Waals surface area contributed by atoms with Crippen molar-refractivity contribution in [1.82, 2.24) is 4.98 Å². The highest BCUT2D eigenvalue weighted by Crippen LogP contribution is 2.36. The van der Waals surface area contributed by atoms with E-state index in [0.29, 0.717) is 6.07 Å². The van der Waals surface area contributed by atoms with E-state index in [9.17, 15) is 31.7 Å². The smallest absolute Gasteiger partial charge is 0.393 e. The Bertz CT molecular complexity index is 632. The first kappa shape index (κ1) is 15.2. The fourth-order valence-electron chi connectivity index (χ4n) is 0.999. The predicted molar refractivity (Wildman–Crippen MR) is 55.0 cm³/mol. The molecule has 0 aromatic carbocycles. The van der Waals surface area contributed by atoms with Crippen molar-refractivity contribution in [3.05, 3.63) is 16.2 Å². The number of nitrogens with two attached hydrogens (primary N) is 1. The Balaban J connectivity index is 3.55. The number of alkyl halides is 3. The number of ether oxygens (including phenoxy) is 1. The molecular weight excluding hydrogens is 319 g/mol. The zero-order valence-electron chi connectivity index (χ0n) is 8.51. The van der Waals surface area contributed by atoms with Crippen LogP contribution in [0.15, 0.2) is 11.1 Å². The van der Waals surface area contributed by atoms with Gasteiger partial charge < -0.3 is 10.5 Å². The lowest BCUT2D eigenvalue weighted by Gasteiger charge is -2.09. The SMILES string of the molecule is Nc1cc(S(=O)(=O)Cl)nc(OC(F)(F)F)c1[N+](=O)[O-]. The minimum Gasteiger partial charge on any atom is -0.393 e. The third kappa shape index (κ3) is 3.82. The zero-order chi connectivity index (χ0) is 15.0. The van der Waals surface area contributed by atoms with Crippen molar-refractivity contribution in [3.63, 3.8) is 0 Å². The van der Waals surface area contributed by atoms with E-state index in [0.717, 1.165) is 0 Å². The van der Waals surface area contributed by atoms with Gasteiger partial charge in [0.25, 0.3) is 9.05 Å². The first-order chi connectivity index (χ1) is 8.42. The number of nitrogens with zero attached hydrogens (tertiary/aromatic N) is 2. The number of hydrogen-bond acceptors (Lipinski definition) is 7. The van der Waals surface area contributed by atoms with E-state index in [1.807, 2.05) is 0 Å². The second-order valence-electron chi connectivity index (χ2n) is 2.95. The van der Waals surface area contributed by atoms with Gasteiger partial charge in [0, 0.05) is 16.7 Å². The molecule has 19 heavy (non-hydrogen) atoms. The van der Waals surface area contributed by atoms with Gasteiger partial charge in [0.15, 0.2) is 5.03 Å². The monoisotopic (exact) mass is 321 g/mol. The molecule has 0 fully saturated rings. The largest absolute Gasteiger partial charge is 0.574 e. The normalized spacial score (nSPS) is 12.2. The maximum Gasteiger partial charge on any atom is 0.574 e. The number of aromatic nitrogens is 1. The van der Waals surface area contributed by atoms with E-state index in [1.165, 1.54) is 0 Å². The van der Waals surface area contributed by atoms with Crippen LogP contribution in [0.1, 0.15) is 0 Å². The Labute approximate surface area is 107 Å². The molecule has 0 bridgehead atoms. The molecule has 8 nitrogen and oxygen atoms in total. The third-order valence-electron chi connectivity index (χ3n) is 1.61. The minimum atomic E-state index is -5.32. The first-order valence-electron chi connectivity index (χ1n) is 4.07. The second kappa shape index (κ2) is 4.70. The molecule has 0 saturated heterocycles. The van der Waals surface area contributed by atoms with Crippen molar-refractivity contribution in [1.29, 1.82) is 0 Å². The van der Waals surface area contributed by atoms with Crippen molar-refractivity contribution in [3.8, 4) is 5.88 Å². The summed E-state index contributed by atoms with van der Waals surface area (Å²) in [5.41, 5.74) is 2.88. The summed E-state index contributed by atoms with van der Waals surface area (Å²) in [4.78, 5) is 12.1. The molecule has 0 aliphatic heterocycles. The maximum absolute atomic E-state index is 12.0. The summed E-state index contributed by atoms with van der Waals surface area (Å²) < 4.78 is 61.2. The van der Waals surface area contributed by atoms with E-state index in [-0.39, 0.29) is 0 Å². The van der Waals surface area contributed by atoms with Crippen LogP contribution in [0.3, 0.4) is 0 Å². The maximum atomic E-state index is 12.0. The Morgan fingerprint density at radius 3 is 2.37 bits per heavy atom. The molecule has 0 radical (unpaired) electrons. The molecule has 0 unspecified atom stereocenters. The lowest BCUT2D eigenvalue weighted by Crippen LogP contribution is -2.20. The number of anilines is 1. The first-order valence-corrected chi connectivity index (χ1v) is 6.38. The molecule has 0 saturated carbocycles. The molecule has 0 aliphatic carbocycles. The summed E-state index contributed by atoms with van der Waals surface area (Å²) in [6.07, 6.45) is -5.32. The molecule has 0 spiro atoms. The van der Waals surface area contributed by atoms with Crippen molar-refractivity contribution >= 4 is 31.1 Å². The van der Waals surface area contributed by atoms with Crippen LogP contribution in [0.4, 0.5) is 24.5 Å². The molecule has 1 aromatic heterocycles. The molecular formula is C6H3ClF3N3O5S. The number of pyridine rings is 1. The van der Waals surface area contributed by atoms with Crippen LogP contribution in [0.25, 0.3) is 0 Å². The van der Waals surface area contributed by atoms with E-state index in [4.69, 9.17) is 16.4 Å². The number of rotatable bonds is 3. The van der Waals surface area contributed by atoms with Gasteiger partial charge in [0.1, 0.15) is 5.69 Å². The van der Waals surface area contributed by atoms with Gasteiger partial charge in [-0.1, -0.05) is 0 Å². The van der Waals surface area contributed by atoms with E-state index in [1.54, 1.807) is 0 Å². The highest BCUT2D eigenvalue weighted by molar-refractivity contribution is 8.13. The lowest BCUT2D eigenvalue weighted by atomic mass is 10.3. The van der Waals surface area contributed by atoms with Crippen LogP contribution >= 0.6 is 10.7 Å². The van der Waals surface area contributed by atoms with Crippen LogP contribution in [0.5, 0.6) is 5.88 Å². The topological polar surface area (TPSA) is 125 Å². The molecule has 1 aromatic rings. The quantitative estimate of drug-likeness (QED) is 0.506. The van der Waals surface area contributed by atoms with Crippen molar-refractivity contribution in [2.45, 2.75) is 11.4 Å². The minimum absolute atomic E-state index is 0.448. The number of halogens is 4. The second-order valence-corrected chi connectivity index (χ2v) is 5.46. The molecule has 106 valence electrons. The number of nitrogen functional groups attached to an aromatic ring is 1. The highest BCUT2D eigenvalue weighted by atomic mass is 35.7. The fourth-order valence-corrected chi connectivity index (χ4v) is 1.70. The third-order valence-corrected chi connectivity index (χ3v) is 2.79. The van der Waals surface area contributed by atoms with Crippen LogP contribution in [0.2, 0.25) is 0 Å². The van der Waals surface area contributed by atoms with Crippen molar-refractivity contribution in [2.75, 3.05) is 5.73 Å². The molecule has 1 heterocycles. The van der Waals surface area contributed by atoms with Crippen LogP contribution in [-0.4, -0.2) is 24.7 Å². The summed E-state index contributed by atoms with van der Waals surface area (Å²) in [6, 6.07) is 0.448. The summed E-state index contributed by atoms with van der Waals surface area (Å²) >= 11 is 0. The molecule has 1 rings (SSSR count). The van der Waals surface area contributed by atoms with Crippen molar-refractivity contribution < 1.29 is 31.2 Å². The number of hydrogen-bond donors (Lipinski definition) is 1. The van der Waals surface area contributed by atoms with Crippen LogP contribution in [0, 0.1) is 10.1 Å². The van der Waals surface area contributed by atoms with E-state index >= 15 is 0 Å². The molecule has 0 amide bonds. The molecule has 2 N–H and O–H groups in total. The van der Waals surface area contributed by atoms with Gasteiger partial charge in [-0.2, -0.15) is 4.98 Å². The summed E-state index contributed by atoms with van der Waals surface area (Å²) in [5, 5.41) is 9.44. The van der Waals surface area contributed by atoms with Crippen LogP contribution < -0.4 is 10.5 Å². The summed E-state index contributed by atoms with van der Waals surface area (Å²) in [5.74, 6) is -1.61. The standard InChI is InChI=1S/C6H3ClF3N3O5S/c7-19(16,17)3-1-2(11)4(13(14)15)5(12-3)18-6(8,9)10/h1H,(H2,11,12). The van der Waals surface area contributed by atoms with Crippen molar-refractivity contribution in [2.24, 2.45) is 0 Å². The molecule has 0 atom stereocenters. The van der Waals surface area contributed by atoms with Crippen LogP contribution in [-0.2, 0) is 9.05 Å². The number of nitro groups is 1. The van der Waals surface area contributed by atoms with Gasteiger partial charge in [-0.25, -0.2) is 8.42 Å². The average Bonchev–Trinajstić information content (AvgIpc) is 2.11. The predicted octanol–water partition coefficient (Wildman–Crippen LogP) is 1.40. The lowest BCUT2D eigenvalue weighted by molar-refractivity contribution is -0.388. The van der Waals surface area contributed by atoms with Gasteiger partial charge >= 0.3 is 17.9 Å². The van der Waals surface area contributed by atoms with Gasteiger partial charge in [-0.05, 0) is 0 Å².